The van der Waals surface area contributed by atoms with Gasteiger partial charge in [0, 0.05) is 36.1 Å². The van der Waals surface area contributed by atoms with E-state index < -0.39 is 5.67 Å². The van der Waals surface area contributed by atoms with E-state index in [0.29, 0.717) is 24.2 Å². The summed E-state index contributed by atoms with van der Waals surface area (Å²) in [5.74, 6) is -0.340. The van der Waals surface area contributed by atoms with E-state index in [1.54, 1.807) is 18.5 Å². The molecule has 0 radical (unpaired) electrons. The Kier molecular flexibility index (Phi) is 5.86. The highest BCUT2D eigenvalue weighted by molar-refractivity contribution is 5.94. The number of rotatable bonds is 8. The first kappa shape index (κ1) is 22.2. The largest absolute Gasteiger partial charge is 0.348 e. The average Bonchev–Trinajstić information content (AvgIpc) is 3.78. The van der Waals surface area contributed by atoms with Crippen LogP contribution in [0.15, 0.2) is 54.9 Å². The summed E-state index contributed by atoms with van der Waals surface area (Å²) in [6.45, 7) is 1.99. The molecule has 1 aromatic carbocycles. The molecule has 2 aromatic heterocycles. The smallest absolute Gasteiger partial charge is 0.270 e. The van der Waals surface area contributed by atoms with Crippen LogP contribution < -0.4 is 10.6 Å². The third-order valence-corrected chi connectivity index (χ3v) is 6.39. The van der Waals surface area contributed by atoms with Gasteiger partial charge in [0.1, 0.15) is 11.4 Å². The Morgan fingerprint density at radius 2 is 1.76 bits per heavy atom. The number of anilines is 1. The van der Waals surface area contributed by atoms with Crippen LogP contribution >= 0.6 is 0 Å². The van der Waals surface area contributed by atoms with Gasteiger partial charge in [0.15, 0.2) is 0 Å². The normalized spacial score (nSPS) is 16.1. The second kappa shape index (κ2) is 8.97. The van der Waals surface area contributed by atoms with Crippen LogP contribution in [0.4, 0.5) is 10.1 Å². The maximum absolute atomic E-state index is 13.8. The summed E-state index contributed by atoms with van der Waals surface area (Å²) in [7, 11) is 0. The molecule has 2 N–H and O–H groups in total. The number of nitrogens with zero attached hydrogens (tertiary/aromatic N) is 2. The molecule has 5 rings (SSSR count). The average molecular weight is 459 g/mol. The Morgan fingerprint density at radius 1 is 1.03 bits per heavy atom. The van der Waals surface area contributed by atoms with Gasteiger partial charge in [-0.05, 0) is 92.1 Å². The summed E-state index contributed by atoms with van der Waals surface area (Å²) in [6, 6.07) is 13.5. The molecule has 2 heterocycles. The molecule has 2 amide bonds. The molecular weight excluding hydrogens is 431 g/mol. The summed E-state index contributed by atoms with van der Waals surface area (Å²) >= 11 is 0. The van der Waals surface area contributed by atoms with Crippen molar-refractivity contribution in [3.63, 3.8) is 0 Å². The van der Waals surface area contributed by atoms with Gasteiger partial charge in [0.2, 0.25) is 5.91 Å². The quantitative estimate of drug-likeness (QED) is 0.484. The van der Waals surface area contributed by atoms with Gasteiger partial charge in [-0.15, -0.1) is 0 Å². The predicted molar refractivity (Wildman–Crippen MR) is 129 cm³/mol. The molecule has 2 fully saturated rings. The van der Waals surface area contributed by atoms with Gasteiger partial charge in [-0.1, -0.05) is 6.07 Å². The molecule has 2 saturated carbocycles. The highest BCUT2D eigenvalue weighted by atomic mass is 19.1. The summed E-state index contributed by atoms with van der Waals surface area (Å²) in [6.07, 6.45) is 6.98. The number of halogens is 1. The van der Waals surface area contributed by atoms with Crippen LogP contribution in [-0.4, -0.2) is 33.5 Å². The van der Waals surface area contributed by atoms with E-state index in [9.17, 15) is 14.0 Å². The van der Waals surface area contributed by atoms with E-state index >= 15 is 0 Å². The molecule has 0 atom stereocenters. The standard InChI is InChI=1S/C27H27FN4O2/c1-17-2-3-21(31-25(33)6-9-27(28)10-11-27)16-22(17)23-14-18(7-12-29-23)19-8-13-30-24(15-19)26(34)32-20-4-5-20/h2-3,7-8,12-16,20H,4-6,9-11H2,1H3,(H,31,33)(H,32,34). The van der Waals surface area contributed by atoms with Crippen molar-refractivity contribution in [2.24, 2.45) is 0 Å². The van der Waals surface area contributed by atoms with Gasteiger partial charge in [0.05, 0.1) is 5.69 Å². The first-order chi connectivity index (χ1) is 16.4. The Labute approximate surface area is 198 Å². The van der Waals surface area contributed by atoms with Crippen molar-refractivity contribution < 1.29 is 14.0 Å². The minimum absolute atomic E-state index is 0.154. The lowest BCUT2D eigenvalue weighted by molar-refractivity contribution is -0.116. The number of aryl methyl sites for hydroxylation is 1. The van der Waals surface area contributed by atoms with Crippen molar-refractivity contribution >= 4 is 17.5 Å². The van der Waals surface area contributed by atoms with Crippen LogP contribution in [0.1, 0.15) is 54.6 Å². The fourth-order valence-corrected chi connectivity index (χ4v) is 3.90. The fraction of sp³-hybridized carbons (Fsp3) is 0.333. The van der Waals surface area contributed by atoms with E-state index in [2.05, 4.69) is 20.6 Å². The third-order valence-electron chi connectivity index (χ3n) is 6.39. The second-order valence-electron chi connectivity index (χ2n) is 9.34. The zero-order chi connectivity index (χ0) is 23.7. The lowest BCUT2D eigenvalue weighted by Gasteiger charge is -2.12. The molecule has 0 unspecified atom stereocenters. The number of amides is 2. The molecule has 0 aliphatic heterocycles. The summed E-state index contributed by atoms with van der Waals surface area (Å²) in [4.78, 5) is 33.4. The first-order valence-electron chi connectivity index (χ1n) is 11.7. The maximum Gasteiger partial charge on any atom is 0.270 e. The maximum atomic E-state index is 13.8. The number of hydrogen-bond acceptors (Lipinski definition) is 4. The lowest BCUT2D eigenvalue weighted by Crippen LogP contribution is -2.26. The SMILES string of the molecule is Cc1ccc(NC(=O)CCC2(F)CC2)cc1-c1cc(-c2ccnc(C(=O)NC3CC3)c2)ccn1. The van der Waals surface area contributed by atoms with Crippen molar-refractivity contribution in [2.45, 2.75) is 57.2 Å². The molecule has 0 saturated heterocycles. The monoisotopic (exact) mass is 458 g/mol. The number of benzene rings is 1. The Hall–Kier alpha value is -3.61. The molecular formula is C27H27FN4O2. The molecule has 34 heavy (non-hydrogen) atoms. The molecule has 0 spiro atoms. The highest BCUT2D eigenvalue weighted by Gasteiger charge is 2.42. The van der Waals surface area contributed by atoms with E-state index in [-0.39, 0.29) is 30.7 Å². The third kappa shape index (κ3) is 5.30. The fourth-order valence-electron chi connectivity index (χ4n) is 3.90. The minimum Gasteiger partial charge on any atom is -0.348 e. The lowest BCUT2D eigenvalue weighted by atomic mass is 10.00. The number of aromatic nitrogens is 2. The Balaban J connectivity index is 1.35. The van der Waals surface area contributed by atoms with E-state index in [1.165, 1.54) is 0 Å². The number of carbonyl (C=O) groups excluding carboxylic acids is 2. The topological polar surface area (TPSA) is 84.0 Å². The van der Waals surface area contributed by atoms with Crippen molar-refractivity contribution in [3.8, 4) is 22.4 Å². The Bertz CT molecular complexity index is 1250. The first-order valence-corrected chi connectivity index (χ1v) is 11.7. The zero-order valence-corrected chi connectivity index (χ0v) is 19.1. The van der Waals surface area contributed by atoms with Gasteiger partial charge >= 0.3 is 0 Å². The van der Waals surface area contributed by atoms with Crippen LogP contribution in [-0.2, 0) is 4.79 Å². The van der Waals surface area contributed by atoms with E-state index in [4.69, 9.17) is 0 Å². The van der Waals surface area contributed by atoms with Gasteiger partial charge in [-0.2, -0.15) is 0 Å². The van der Waals surface area contributed by atoms with Crippen LogP contribution in [0.3, 0.4) is 0 Å². The van der Waals surface area contributed by atoms with Crippen molar-refractivity contribution in [1.82, 2.24) is 15.3 Å². The molecule has 0 bridgehead atoms. The number of carbonyl (C=O) groups is 2. The number of pyridine rings is 2. The highest BCUT2D eigenvalue weighted by Crippen LogP contribution is 2.43. The van der Waals surface area contributed by atoms with E-state index in [1.807, 2.05) is 43.3 Å². The van der Waals surface area contributed by atoms with Crippen LogP contribution in [0.5, 0.6) is 0 Å². The van der Waals surface area contributed by atoms with Crippen molar-refractivity contribution in [1.29, 1.82) is 0 Å². The van der Waals surface area contributed by atoms with Crippen LogP contribution in [0.25, 0.3) is 22.4 Å². The molecule has 3 aromatic rings. The van der Waals surface area contributed by atoms with Gasteiger partial charge in [-0.3, -0.25) is 19.6 Å². The van der Waals surface area contributed by atoms with Gasteiger partial charge < -0.3 is 10.6 Å². The van der Waals surface area contributed by atoms with Gasteiger partial charge in [0.25, 0.3) is 5.91 Å². The summed E-state index contributed by atoms with van der Waals surface area (Å²) < 4.78 is 13.8. The molecule has 7 heteroatoms. The molecule has 2 aliphatic carbocycles. The second-order valence-corrected chi connectivity index (χ2v) is 9.34. The predicted octanol–water partition coefficient (Wildman–Crippen LogP) is 5.23. The van der Waals surface area contributed by atoms with E-state index in [0.717, 1.165) is 40.8 Å². The molecule has 174 valence electrons. The zero-order valence-electron chi connectivity index (χ0n) is 19.1. The molecule has 6 nitrogen and oxygen atoms in total. The summed E-state index contributed by atoms with van der Waals surface area (Å²) in [5.41, 5.74) is 4.38. The number of alkyl halides is 1. The number of nitrogens with one attached hydrogen (secondary N) is 2. The minimum atomic E-state index is -1.13. The van der Waals surface area contributed by atoms with Gasteiger partial charge in [-0.25, -0.2) is 4.39 Å². The Morgan fingerprint density at radius 3 is 2.50 bits per heavy atom. The van der Waals surface area contributed by atoms with Crippen LogP contribution in [0, 0.1) is 6.92 Å². The van der Waals surface area contributed by atoms with Crippen LogP contribution in [0.2, 0.25) is 0 Å². The van der Waals surface area contributed by atoms with Crippen molar-refractivity contribution in [3.05, 3.63) is 66.1 Å². The number of hydrogen-bond donors (Lipinski definition) is 2. The summed E-state index contributed by atoms with van der Waals surface area (Å²) in [5, 5.41) is 5.85. The van der Waals surface area contributed by atoms with Crippen molar-refractivity contribution in [2.75, 3.05) is 5.32 Å². The molecule has 2 aliphatic rings.